The molecule has 0 saturated heterocycles. The number of aromatic nitrogens is 4. The molecule has 116 valence electrons. The normalized spacial score (nSPS) is 10.5. The Hall–Kier alpha value is -2.81. The average molecular weight is 375 g/mol. The highest BCUT2D eigenvalue weighted by atomic mass is 79.9. The van der Waals surface area contributed by atoms with Crippen LogP contribution in [0.1, 0.15) is 5.56 Å². The van der Waals surface area contributed by atoms with Gasteiger partial charge in [0.25, 0.3) is 11.6 Å². The maximum Gasteiger partial charge on any atom is 0.271 e. The van der Waals surface area contributed by atoms with Crippen LogP contribution in [-0.4, -0.2) is 25.1 Å². The SMILES string of the molecule is Cc1ccc(-n2nnnc2Nc2cc([N+](=O)[O-])ccc2Br)cc1. The first kappa shape index (κ1) is 15.1. The van der Waals surface area contributed by atoms with Crippen molar-refractivity contribution in [2.24, 2.45) is 0 Å². The number of rotatable bonds is 4. The maximum atomic E-state index is 10.9. The van der Waals surface area contributed by atoms with Gasteiger partial charge in [0.05, 0.1) is 16.3 Å². The third-order valence-electron chi connectivity index (χ3n) is 3.16. The summed E-state index contributed by atoms with van der Waals surface area (Å²) in [6.07, 6.45) is 0. The number of halogens is 1. The predicted octanol–water partition coefficient (Wildman–Crippen LogP) is 3.39. The average Bonchev–Trinajstić information content (AvgIpc) is 2.98. The van der Waals surface area contributed by atoms with E-state index in [9.17, 15) is 10.1 Å². The van der Waals surface area contributed by atoms with Gasteiger partial charge in [-0.3, -0.25) is 10.1 Å². The number of nitrogens with zero attached hydrogens (tertiary/aromatic N) is 5. The van der Waals surface area contributed by atoms with Crippen molar-refractivity contribution in [3.8, 4) is 5.69 Å². The third-order valence-corrected chi connectivity index (χ3v) is 3.85. The highest BCUT2D eigenvalue weighted by Gasteiger charge is 2.13. The first-order chi connectivity index (χ1) is 11.0. The van der Waals surface area contributed by atoms with E-state index < -0.39 is 4.92 Å². The van der Waals surface area contributed by atoms with Gasteiger partial charge >= 0.3 is 0 Å². The van der Waals surface area contributed by atoms with E-state index in [0.29, 0.717) is 16.1 Å². The van der Waals surface area contributed by atoms with Crippen LogP contribution in [0.2, 0.25) is 0 Å². The van der Waals surface area contributed by atoms with Gasteiger partial charge in [0, 0.05) is 16.6 Å². The van der Waals surface area contributed by atoms with Crippen LogP contribution in [0, 0.1) is 17.0 Å². The Kier molecular flexibility index (Phi) is 4.02. The highest BCUT2D eigenvalue weighted by molar-refractivity contribution is 9.10. The number of benzene rings is 2. The zero-order valence-corrected chi connectivity index (χ0v) is 13.6. The lowest BCUT2D eigenvalue weighted by Crippen LogP contribution is -2.04. The minimum absolute atomic E-state index is 0.0231. The molecular formula is C14H11BrN6O2. The molecule has 0 fully saturated rings. The summed E-state index contributed by atoms with van der Waals surface area (Å²) < 4.78 is 2.19. The Balaban J connectivity index is 1.96. The van der Waals surface area contributed by atoms with Gasteiger partial charge in [-0.15, -0.1) is 0 Å². The van der Waals surface area contributed by atoms with Gasteiger partial charge in [-0.25, -0.2) is 0 Å². The second-order valence-corrected chi connectivity index (χ2v) is 5.65. The van der Waals surface area contributed by atoms with Crippen molar-refractivity contribution in [2.45, 2.75) is 6.92 Å². The molecule has 0 bridgehead atoms. The van der Waals surface area contributed by atoms with Crippen LogP contribution in [-0.2, 0) is 0 Å². The van der Waals surface area contributed by atoms with Crippen molar-refractivity contribution in [2.75, 3.05) is 5.32 Å². The summed E-state index contributed by atoms with van der Waals surface area (Å²) in [7, 11) is 0. The third kappa shape index (κ3) is 3.19. The predicted molar refractivity (Wildman–Crippen MR) is 88.0 cm³/mol. The minimum Gasteiger partial charge on any atom is -0.321 e. The number of aryl methyl sites for hydroxylation is 1. The molecule has 0 aliphatic heterocycles. The van der Waals surface area contributed by atoms with Crippen molar-refractivity contribution < 1.29 is 4.92 Å². The van der Waals surface area contributed by atoms with Crippen LogP contribution in [0.3, 0.4) is 0 Å². The van der Waals surface area contributed by atoms with Gasteiger partial charge in [0.1, 0.15) is 0 Å². The lowest BCUT2D eigenvalue weighted by Gasteiger charge is -2.08. The first-order valence-electron chi connectivity index (χ1n) is 6.61. The molecule has 0 radical (unpaired) electrons. The van der Waals surface area contributed by atoms with Crippen LogP contribution >= 0.6 is 15.9 Å². The zero-order chi connectivity index (χ0) is 16.4. The molecule has 3 rings (SSSR count). The van der Waals surface area contributed by atoms with E-state index in [4.69, 9.17) is 0 Å². The summed E-state index contributed by atoms with van der Waals surface area (Å²) >= 11 is 3.35. The van der Waals surface area contributed by atoms with Crippen LogP contribution in [0.4, 0.5) is 17.3 Å². The molecule has 0 aliphatic carbocycles. The molecule has 3 aromatic rings. The Morgan fingerprint density at radius 3 is 2.65 bits per heavy atom. The number of tetrazole rings is 1. The summed E-state index contributed by atoms with van der Waals surface area (Å²) in [5.41, 5.74) is 2.38. The van der Waals surface area contributed by atoms with E-state index in [-0.39, 0.29) is 5.69 Å². The number of nitrogens with one attached hydrogen (secondary N) is 1. The summed E-state index contributed by atoms with van der Waals surface area (Å²) in [6, 6.07) is 12.1. The maximum absolute atomic E-state index is 10.9. The number of hydrogen-bond acceptors (Lipinski definition) is 6. The molecule has 2 aromatic carbocycles. The van der Waals surface area contributed by atoms with E-state index >= 15 is 0 Å². The Labute approximate surface area is 139 Å². The fraction of sp³-hybridized carbons (Fsp3) is 0.0714. The minimum atomic E-state index is -0.458. The van der Waals surface area contributed by atoms with Gasteiger partial charge < -0.3 is 5.32 Å². The molecule has 9 heteroatoms. The Bertz CT molecular complexity index is 862. The zero-order valence-electron chi connectivity index (χ0n) is 12.0. The van der Waals surface area contributed by atoms with E-state index in [1.165, 1.54) is 16.8 Å². The molecule has 0 atom stereocenters. The molecule has 8 nitrogen and oxygen atoms in total. The van der Waals surface area contributed by atoms with E-state index in [0.717, 1.165) is 11.3 Å². The van der Waals surface area contributed by atoms with E-state index in [1.54, 1.807) is 6.07 Å². The van der Waals surface area contributed by atoms with Gasteiger partial charge in [0.2, 0.25) is 0 Å². The summed E-state index contributed by atoms with van der Waals surface area (Å²) in [5.74, 6) is 0.357. The molecule has 1 aromatic heterocycles. The number of anilines is 2. The summed E-state index contributed by atoms with van der Waals surface area (Å²) in [5, 5.41) is 25.4. The smallest absolute Gasteiger partial charge is 0.271 e. The summed E-state index contributed by atoms with van der Waals surface area (Å²) in [4.78, 5) is 10.4. The monoisotopic (exact) mass is 374 g/mol. The molecule has 0 amide bonds. The lowest BCUT2D eigenvalue weighted by molar-refractivity contribution is -0.384. The van der Waals surface area contributed by atoms with Gasteiger partial charge in [-0.05, 0) is 51.5 Å². The van der Waals surface area contributed by atoms with Crippen LogP contribution < -0.4 is 5.32 Å². The van der Waals surface area contributed by atoms with Crippen LogP contribution in [0.25, 0.3) is 5.69 Å². The standard InChI is InChI=1S/C14H11BrN6O2/c1-9-2-4-10(5-3-9)20-14(17-18-19-20)16-13-8-11(21(22)23)6-7-12(13)15/h2-8H,1H3,(H,16,17,19). The number of non-ortho nitro benzene ring substituents is 1. The molecule has 0 unspecified atom stereocenters. The topological polar surface area (TPSA) is 98.8 Å². The van der Waals surface area contributed by atoms with Crippen molar-refractivity contribution in [1.82, 2.24) is 20.2 Å². The van der Waals surface area contributed by atoms with Crippen LogP contribution in [0.15, 0.2) is 46.9 Å². The van der Waals surface area contributed by atoms with Gasteiger partial charge in [-0.2, -0.15) is 4.68 Å². The van der Waals surface area contributed by atoms with Gasteiger partial charge in [-0.1, -0.05) is 22.8 Å². The second kappa shape index (κ2) is 6.13. The first-order valence-corrected chi connectivity index (χ1v) is 7.40. The molecule has 23 heavy (non-hydrogen) atoms. The number of hydrogen-bond donors (Lipinski definition) is 1. The molecule has 0 spiro atoms. The molecule has 0 saturated carbocycles. The number of nitro benzene ring substituents is 1. The lowest BCUT2D eigenvalue weighted by atomic mass is 10.2. The molecular weight excluding hydrogens is 364 g/mol. The van der Waals surface area contributed by atoms with Gasteiger partial charge in [0.15, 0.2) is 0 Å². The van der Waals surface area contributed by atoms with E-state index in [1.807, 2.05) is 31.2 Å². The van der Waals surface area contributed by atoms with Crippen molar-refractivity contribution in [1.29, 1.82) is 0 Å². The van der Waals surface area contributed by atoms with Crippen molar-refractivity contribution in [3.05, 3.63) is 62.6 Å². The largest absolute Gasteiger partial charge is 0.321 e. The fourth-order valence-corrected chi connectivity index (χ4v) is 2.31. The fourth-order valence-electron chi connectivity index (χ4n) is 1.97. The highest BCUT2D eigenvalue weighted by Crippen LogP contribution is 2.29. The second-order valence-electron chi connectivity index (χ2n) is 4.80. The number of nitro groups is 1. The molecule has 0 aliphatic rings. The Morgan fingerprint density at radius 1 is 1.22 bits per heavy atom. The molecule has 1 heterocycles. The van der Waals surface area contributed by atoms with E-state index in [2.05, 4.69) is 36.8 Å². The summed E-state index contributed by atoms with van der Waals surface area (Å²) in [6.45, 7) is 1.99. The Morgan fingerprint density at radius 2 is 1.96 bits per heavy atom. The van der Waals surface area contributed by atoms with Crippen LogP contribution in [0.5, 0.6) is 0 Å². The quantitative estimate of drug-likeness (QED) is 0.554. The van der Waals surface area contributed by atoms with Crippen molar-refractivity contribution in [3.63, 3.8) is 0 Å². The van der Waals surface area contributed by atoms with Crippen molar-refractivity contribution >= 4 is 33.3 Å². The molecule has 1 N–H and O–H groups in total.